The van der Waals surface area contributed by atoms with Crippen LogP contribution < -0.4 is 5.32 Å². The number of pyridine rings is 1. The predicted octanol–water partition coefficient (Wildman–Crippen LogP) is 0.725. The monoisotopic (exact) mass is 166 g/mol. The minimum atomic E-state index is -0.397. The molecule has 0 fully saturated rings. The third kappa shape index (κ3) is 2.60. The highest BCUT2D eigenvalue weighted by molar-refractivity contribution is 5.11. The Kier molecular flexibility index (Phi) is 3.70. The Bertz CT molecular complexity index is 213. The molecule has 0 aliphatic carbocycles. The van der Waals surface area contributed by atoms with E-state index in [9.17, 15) is 5.11 Å². The van der Waals surface area contributed by atoms with Crippen LogP contribution in [-0.2, 0) is 0 Å². The lowest BCUT2D eigenvalue weighted by atomic mass is 10.1. The molecule has 0 unspecified atom stereocenters. The van der Waals surface area contributed by atoms with Gasteiger partial charge in [0.25, 0.3) is 0 Å². The van der Waals surface area contributed by atoms with Gasteiger partial charge in [-0.05, 0) is 31.6 Å². The van der Waals surface area contributed by atoms with Crippen molar-refractivity contribution >= 4 is 0 Å². The summed E-state index contributed by atoms with van der Waals surface area (Å²) in [6.07, 6.45) is 3.72. The molecule has 1 aromatic heterocycles. The molecule has 2 N–H and O–H groups in total. The Morgan fingerprint density at radius 2 is 2.50 bits per heavy atom. The molecule has 0 aliphatic rings. The van der Waals surface area contributed by atoms with Crippen molar-refractivity contribution in [2.75, 3.05) is 13.6 Å². The van der Waals surface area contributed by atoms with Crippen LogP contribution in [0, 0.1) is 0 Å². The SMILES string of the molecule is CNCC[C@H](O)c1cccnc1. The number of nitrogens with zero attached hydrogens (tertiary/aromatic N) is 1. The fourth-order valence-electron chi connectivity index (χ4n) is 1.02. The zero-order valence-corrected chi connectivity index (χ0v) is 7.20. The van der Waals surface area contributed by atoms with Crippen molar-refractivity contribution < 1.29 is 5.11 Å². The molecule has 0 aliphatic heterocycles. The normalized spacial score (nSPS) is 12.8. The Balaban J connectivity index is 2.48. The lowest BCUT2D eigenvalue weighted by molar-refractivity contribution is 0.167. The summed E-state index contributed by atoms with van der Waals surface area (Å²) in [5, 5.41) is 12.6. The number of nitrogens with one attached hydrogen (secondary N) is 1. The van der Waals surface area contributed by atoms with Gasteiger partial charge in [-0.3, -0.25) is 4.98 Å². The molecule has 0 saturated carbocycles. The molecule has 1 heterocycles. The van der Waals surface area contributed by atoms with Crippen LogP contribution >= 0.6 is 0 Å². The summed E-state index contributed by atoms with van der Waals surface area (Å²) in [6, 6.07) is 3.71. The second kappa shape index (κ2) is 4.85. The summed E-state index contributed by atoms with van der Waals surface area (Å²) in [6.45, 7) is 0.816. The van der Waals surface area contributed by atoms with E-state index in [1.165, 1.54) is 0 Å². The van der Waals surface area contributed by atoms with Crippen LogP contribution in [0.3, 0.4) is 0 Å². The van der Waals surface area contributed by atoms with E-state index >= 15 is 0 Å². The maximum Gasteiger partial charge on any atom is 0.0817 e. The summed E-state index contributed by atoms with van der Waals surface area (Å²) in [5.41, 5.74) is 0.882. The average Bonchev–Trinajstić information content (AvgIpc) is 2.15. The Hall–Kier alpha value is -0.930. The molecular formula is C9H14N2O. The van der Waals surface area contributed by atoms with Gasteiger partial charge in [-0.25, -0.2) is 0 Å². The molecule has 1 aromatic rings. The fourth-order valence-corrected chi connectivity index (χ4v) is 1.02. The maximum absolute atomic E-state index is 9.57. The smallest absolute Gasteiger partial charge is 0.0817 e. The first-order valence-electron chi connectivity index (χ1n) is 4.07. The molecule has 3 nitrogen and oxygen atoms in total. The lowest BCUT2D eigenvalue weighted by Crippen LogP contribution is -2.11. The van der Waals surface area contributed by atoms with E-state index in [1.807, 2.05) is 19.2 Å². The molecule has 12 heavy (non-hydrogen) atoms. The van der Waals surface area contributed by atoms with Gasteiger partial charge >= 0.3 is 0 Å². The van der Waals surface area contributed by atoms with Crippen molar-refractivity contribution in [3.63, 3.8) is 0 Å². The largest absolute Gasteiger partial charge is 0.388 e. The van der Waals surface area contributed by atoms with E-state index in [0.717, 1.165) is 18.5 Å². The standard InChI is InChI=1S/C9H14N2O/c1-10-6-4-9(12)8-3-2-5-11-7-8/h2-3,5,7,9-10,12H,4,6H2,1H3/t9-/m0/s1. The van der Waals surface area contributed by atoms with Gasteiger partial charge in [-0.1, -0.05) is 6.07 Å². The van der Waals surface area contributed by atoms with E-state index in [1.54, 1.807) is 12.4 Å². The molecule has 1 rings (SSSR count). The first-order chi connectivity index (χ1) is 5.84. The molecular weight excluding hydrogens is 152 g/mol. The van der Waals surface area contributed by atoms with Gasteiger partial charge in [0.05, 0.1) is 6.10 Å². The van der Waals surface area contributed by atoms with Gasteiger partial charge in [0, 0.05) is 12.4 Å². The second-order valence-electron chi connectivity index (χ2n) is 2.69. The van der Waals surface area contributed by atoms with Crippen molar-refractivity contribution in [1.82, 2.24) is 10.3 Å². The van der Waals surface area contributed by atoms with Crippen molar-refractivity contribution in [2.45, 2.75) is 12.5 Å². The van der Waals surface area contributed by atoms with E-state index in [0.29, 0.717) is 0 Å². The van der Waals surface area contributed by atoms with Crippen LogP contribution in [-0.4, -0.2) is 23.7 Å². The van der Waals surface area contributed by atoms with Crippen LogP contribution in [0.4, 0.5) is 0 Å². The van der Waals surface area contributed by atoms with E-state index in [4.69, 9.17) is 0 Å². The second-order valence-corrected chi connectivity index (χ2v) is 2.69. The van der Waals surface area contributed by atoms with Crippen LogP contribution in [0.1, 0.15) is 18.1 Å². The number of aliphatic hydroxyl groups is 1. The third-order valence-corrected chi connectivity index (χ3v) is 1.74. The van der Waals surface area contributed by atoms with E-state index in [-0.39, 0.29) is 0 Å². The number of rotatable bonds is 4. The van der Waals surface area contributed by atoms with Gasteiger partial charge in [-0.2, -0.15) is 0 Å². The Labute approximate surface area is 72.5 Å². The summed E-state index contributed by atoms with van der Waals surface area (Å²) in [4.78, 5) is 3.93. The summed E-state index contributed by atoms with van der Waals surface area (Å²) in [5.74, 6) is 0. The van der Waals surface area contributed by atoms with Crippen LogP contribution in [0.5, 0.6) is 0 Å². The maximum atomic E-state index is 9.57. The third-order valence-electron chi connectivity index (χ3n) is 1.74. The summed E-state index contributed by atoms with van der Waals surface area (Å²) >= 11 is 0. The molecule has 0 aromatic carbocycles. The highest BCUT2D eigenvalue weighted by Crippen LogP contribution is 2.13. The zero-order chi connectivity index (χ0) is 8.81. The Morgan fingerprint density at radius 1 is 1.67 bits per heavy atom. The highest BCUT2D eigenvalue weighted by atomic mass is 16.3. The molecule has 0 spiro atoms. The fraction of sp³-hybridized carbons (Fsp3) is 0.444. The average molecular weight is 166 g/mol. The van der Waals surface area contributed by atoms with Crippen LogP contribution in [0.25, 0.3) is 0 Å². The predicted molar refractivity (Wildman–Crippen MR) is 47.7 cm³/mol. The molecule has 0 bridgehead atoms. The van der Waals surface area contributed by atoms with E-state index in [2.05, 4.69) is 10.3 Å². The van der Waals surface area contributed by atoms with Crippen molar-refractivity contribution in [3.05, 3.63) is 30.1 Å². The first-order valence-corrected chi connectivity index (χ1v) is 4.07. The van der Waals surface area contributed by atoms with Gasteiger partial charge in [0.1, 0.15) is 0 Å². The van der Waals surface area contributed by atoms with Gasteiger partial charge < -0.3 is 10.4 Å². The summed E-state index contributed by atoms with van der Waals surface area (Å²) in [7, 11) is 1.87. The number of hydrogen-bond acceptors (Lipinski definition) is 3. The van der Waals surface area contributed by atoms with Gasteiger partial charge in [0.15, 0.2) is 0 Å². The number of aromatic nitrogens is 1. The quantitative estimate of drug-likeness (QED) is 0.693. The molecule has 0 radical (unpaired) electrons. The number of hydrogen-bond donors (Lipinski definition) is 2. The summed E-state index contributed by atoms with van der Waals surface area (Å²) < 4.78 is 0. The minimum absolute atomic E-state index is 0.397. The molecule has 1 atom stereocenters. The Morgan fingerprint density at radius 3 is 3.08 bits per heavy atom. The van der Waals surface area contributed by atoms with Crippen LogP contribution in [0.2, 0.25) is 0 Å². The topological polar surface area (TPSA) is 45.1 Å². The number of aliphatic hydroxyl groups excluding tert-OH is 1. The molecule has 0 saturated heterocycles. The zero-order valence-electron chi connectivity index (χ0n) is 7.20. The van der Waals surface area contributed by atoms with Crippen molar-refractivity contribution in [3.8, 4) is 0 Å². The van der Waals surface area contributed by atoms with Gasteiger partial charge in [0.2, 0.25) is 0 Å². The minimum Gasteiger partial charge on any atom is -0.388 e. The molecule has 66 valence electrons. The van der Waals surface area contributed by atoms with E-state index < -0.39 is 6.10 Å². The van der Waals surface area contributed by atoms with Crippen molar-refractivity contribution in [2.24, 2.45) is 0 Å². The highest BCUT2D eigenvalue weighted by Gasteiger charge is 2.04. The van der Waals surface area contributed by atoms with Crippen LogP contribution in [0.15, 0.2) is 24.5 Å². The molecule has 0 amide bonds. The van der Waals surface area contributed by atoms with Gasteiger partial charge in [-0.15, -0.1) is 0 Å². The van der Waals surface area contributed by atoms with Crippen molar-refractivity contribution in [1.29, 1.82) is 0 Å². The lowest BCUT2D eigenvalue weighted by Gasteiger charge is -2.08. The first kappa shape index (κ1) is 9.16. The molecule has 3 heteroatoms.